The molecule has 1 saturated carbocycles. The van der Waals surface area contributed by atoms with Gasteiger partial charge in [-0.05, 0) is 44.7 Å². The molecule has 0 unspecified atom stereocenters. The summed E-state index contributed by atoms with van der Waals surface area (Å²) in [5, 5.41) is 8.03. The summed E-state index contributed by atoms with van der Waals surface area (Å²) >= 11 is 0. The highest BCUT2D eigenvalue weighted by atomic mass is 15.3. The molecular weight excluding hydrogens is 188 g/mol. The summed E-state index contributed by atoms with van der Waals surface area (Å²) in [4.78, 5) is 2.30. The lowest BCUT2D eigenvalue weighted by Gasteiger charge is -2.27. The van der Waals surface area contributed by atoms with E-state index in [0.717, 1.165) is 18.3 Å². The fraction of sp³-hybridized carbons (Fsp3) is 0.636. The molecule has 0 atom stereocenters. The molecule has 1 aliphatic carbocycles. The van der Waals surface area contributed by atoms with Gasteiger partial charge in [0.15, 0.2) is 5.82 Å². The van der Waals surface area contributed by atoms with Gasteiger partial charge in [-0.15, -0.1) is 10.2 Å². The molecular formula is C11H18N4. The minimum atomic E-state index is 0.462. The average molecular weight is 206 g/mol. The molecule has 1 fully saturated rings. The number of nitrogens with two attached hydrogens (primary N) is 1. The van der Waals surface area contributed by atoms with Crippen LogP contribution in [0.5, 0.6) is 0 Å². The summed E-state index contributed by atoms with van der Waals surface area (Å²) in [6.07, 6.45) is 2.71. The van der Waals surface area contributed by atoms with Crippen molar-refractivity contribution in [1.29, 1.82) is 0 Å². The van der Waals surface area contributed by atoms with Crippen molar-refractivity contribution in [3.63, 3.8) is 0 Å². The van der Waals surface area contributed by atoms with Gasteiger partial charge in [-0.3, -0.25) is 0 Å². The predicted molar refractivity (Wildman–Crippen MR) is 61.7 cm³/mol. The van der Waals surface area contributed by atoms with Crippen molar-refractivity contribution >= 4 is 11.6 Å². The maximum atomic E-state index is 5.52. The van der Waals surface area contributed by atoms with Crippen LogP contribution in [0.3, 0.4) is 0 Å². The quantitative estimate of drug-likeness (QED) is 0.814. The molecule has 0 bridgehead atoms. The van der Waals surface area contributed by atoms with Crippen molar-refractivity contribution in [3.8, 4) is 0 Å². The van der Waals surface area contributed by atoms with E-state index in [9.17, 15) is 0 Å². The van der Waals surface area contributed by atoms with Gasteiger partial charge in [0.25, 0.3) is 0 Å². The molecule has 1 heterocycles. The predicted octanol–water partition coefficient (Wildman–Crippen LogP) is 1.68. The number of hydrogen-bond acceptors (Lipinski definition) is 4. The topological polar surface area (TPSA) is 55.0 Å². The third-order valence-electron chi connectivity index (χ3n) is 2.74. The lowest BCUT2D eigenvalue weighted by atomic mass is 10.2. The van der Waals surface area contributed by atoms with Gasteiger partial charge in [0, 0.05) is 12.6 Å². The first-order chi connectivity index (χ1) is 7.16. The first-order valence-electron chi connectivity index (χ1n) is 5.52. The van der Waals surface area contributed by atoms with Gasteiger partial charge < -0.3 is 10.6 Å². The van der Waals surface area contributed by atoms with E-state index in [-0.39, 0.29) is 0 Å². The summed E-state index contributed by atoms with van der Waals surface area (Å²) in [5.74, 6) is 2.27. The summed E-state index contributed by atoms with van der Waals surface area (Å²) in [7, 11) is 0. The monoisotopic (exact) mass is 206 g/mol. The molecule has 82 valence electrons. The summed E-state index contributed by atoms with van der Waals surface area (Å²) in [6.45, 7) is 5.46. The highest BCUT2D eigenvalue weighted by Gasteiger charge is 2.26. The summed E-state index contributed by atoms with van der Waals surface area (Å²) < 4.78 is 0. The Morgan fingerprint density at radius 2 is 2.13 bits per heavy atom. The van der Waals surface area contributed by atoms with Crippen LogP contribution < -0.4 is 10.6 Å². The van der Waals surface area contributed by atoms with E-state index < -0.39 is 0 Å². The lowest BCUT2D eigenvalue weighted by molar-refractivity contribution is 0.632. The van der Waals surface area contributed by atoms with Gasteiger partial charge in [-0.2, -0.15) is 0 Å². The second-order valence-electron chi connectivity index (χ2n) is 4.51. The van der Waals surface area contributed by atoms with Crippen LogP contribution in [0, 0.1) is 5.92 Å². The molecule has 0 radical (unpaired) electrons. The molecule has 4 heteroatoms. The fourth-order valence-corrected chi connectivity index (χ4v) is 1.64. The van der Waals surface area contributed by atoms with E-state index in [4.69, 9.17) is 5.73 Å². The summed E-state index contributed by atoms with van der Waals surface area (Å²) in [5.41, 5.74) is 5.52. The SMILES string of the molecule is CC(C)N(CC1CC1)c1ccc(N)nn1. The number of rotatable bonds is 4. The van der Waals surface area contributed by atoms with Crippen molar-refractivity contribution in [3.05, 3.63) is 12.1 Å². The Bertz CT molecular complexity index is 316. The van der Waals surface area contributed by atoms with Crippen LogP contribution in [-0.4, -0.2) is 22.8 Å². The third kappa shape index (κ3) is 2.58. The zero-order valence-electron chi connectivity index (χ0n) is 9.35. The van der Waals surface area contributed by atoms with Gasteiger partial charge in [0.2, 0.25) is 0 Å². The number of hydrogen-bond donors (Lipinski definition) is 1. The molecule has 1 aliphatic rings. The smallest absolute Gasteiger partial charge is 0.151 e. The van der Waals surface area contributed by atoms with Crippen LogP contribution in [0.2, 0.25) is 0 Å². The Kier molecular flexibility index (Phi) is 2.75. The normalized spacial score (nSPS) is 15.7. The van der Waals surface area contributed by atoms with Gasteiger partial charge in [0.1, 0.15) is 5.82 Å². The van der Waals surface area contributed by atoms with Crippen LogP contribution in [0.25, 0.3) is 0 Å². The van der Waals surface area contributed by atoms with Crippen LogP contribution in [0.15, 0.2) is 12.1 Å². The Morgan fingerprint density at radius 1 is 1.40 bits per heavy atom. The van der Waals surface area contributed by atoms with Crippen LogP contribution >= 0.6 is 0 Å². The highest BCUT2D eigenvalue weighted by Crippen LogP contribution is 2.31. The molecule has 2 N–H and O–H groups in total. The first kappa shape index (κ1) is 10.2. The van der Waals surface area contributed by atoms with E-state index in [1.54, 1.807) is 0 Å². The van der Waals surface area contributed by atoms with Gasteiger partial charge in [-0.1, -0.05) is 0 Å². The molecule has 2 rings (SSSR count). The van der Waals surface area contributed by atoms with E-state index in [0.29, 0.717) is 11.9 Å². The van der Waals surface area contributed by atoms with E-state index in [1.165, 1.54) is 12.8 Å². The maximum Gasteiger partial charge on any atom is 0.151 e. The zero-order valence-corrected chi connectivity index (χ0v) is 9.35. The molecule has 0 spiro atoms. The van der Waals surface area contributed by atoms with Crippen molar-refractivity contribution < 1.29 is 0 Å². The zero-order chi connectivity index (χ0) is 10.8. The fourth-order valence-electron chi connectivity index (χ4n) is 1.64. The second kappa shape index (κ2) is 4.04. The molecule has 1 aromatic heterocycles. The minimum Gasteiger partial charge on any atom is -0.382 e. The van der Waals surface area contributed by atoms with Crippen LogP contribution in [-0.2, 0) is 0 Å². The Labute approximate surface area is 90.5 Å². The Morgan fingerprint density at radius 3 is 2.60 bits per heavy atom. The largest absolute Gasteiger partial charge is 0.382 e. The molecule has 0 aliphatic heterocycles. The molecule has 4 nitrogen and oxygen atoms in total. The van der Waals surface area contributed by atoms with Gasteiger partial charge in [-0.25, -0.2) is 0 Å². The Balaban J connectivity index is 2.11. The first-order valence-corrected chi connectivity index (χ1v) is 5.52. The van der Waals surface area contributed by atoms with Crippen molar-refractivity contribution in [1.82, 2.24) is 10.2 Å². The second-order valence-corrected chi connectivity index (χ2v) is 4.51. The van der Waals surface area contributed by atoms with Crippen LogP contribution in [0.4, 0.5) is 11.6 Å². The number of nitrogen functional groups attached to an aromatic ring is 1. The van der Waals surface area contributed by atoms with Crippen molar-refractivity contribution in [2.24, 2.45) is 5.92 Å². The summed E-state index contributed by atoms with van der Waals surface area (Å²) in [6, 6.07) is 4.22. The Hall–Kier alpha value is -1.32. The van der Waals surface area contributed by atoms with E-state index in [1.807, 2.05) is 12.1 Å². The number of nitrogens with zero attached hydrogens (tertiary/aromatic N) is 3. The minimum absolute atomic E-state index is 0.462. The van der Waals surface area contributed by atoms with E-state index in [2.05, 4.69) is 28.9 Å². The molecule has 0 saturated heterocycles. The lowest BCUT2D eigenvalue weighted by Crippen LogP contribution is -2.33. The molecule has 0 amide bonds. The van der Waals surface area contributed by atoms with Crippen LogP contribution in [0.1, 0.15) is 26.7 Å². The number of aromatic nitrogens is 2. The standard InChI is InChI=1S/C11H18N4/c1-8(2)15(7-9-3-4-9)11-6-5-10(12)13-14-11/h5-6,8-9H,3-4,7H2,1-2H3,(H2,12,13). The molecule has 15 heavy (non-hydrogen) atoms. The third-order valence-corrected chi connectivity index (χ3v) is 2.74. The highest BCUT2D eigenvalue weighted by molar-refractivity contribution is 5.42. The van der Waals surface area contributed by atoms with Crippen molar-refractivity contribution in [2.45, 2.75) is 32.7 Å². The molecule has 1 aromatic rings. The van der Waals surface area contributed by atoms with Gasteiger partial charge >= 0.3 is 0 Å². The maximum absolute atomic E-state index is 5.52. The number of anilines is 2. The molecule has 0 aromatic carbocycles. The van der Waals surface area contributed by atoms with Crippen molar-refractivity contribution in [2.75, 3.05) is 17.2 Å². The average Bonchev–Trinajstić information content (AvgIpc) is 2.99. The van der Waals surface area contributed by atoms with Gasteiger partial charge in [0.05, 0.1) is 0 Å². The van der Waals surface area contributed by atoms with E-state index >= 15 is 0 Å².